The first-order valence-electron chi connectivity index (χ1n) is 10.1. The summed E-state index contributed by atoms with van der Waals surface area (Å²) < 4.78 is 37.7. The van der Waals surface area contributed by atoms with Gasteiger partial charge in [0.05, 0.1) is 40.1 Å². The smallest absolute Gasteiger partial charge is 0.338 e. The second-order valence-corrected chi connectivity index (χ2v) is 10.1. The number of benzene rings is 2. The lowest BCUT2D eigenvalue weighted by Gasteiger charge is -2.05. The number of fused-ring (bicyclic) bond motifs is 1. The predicted octanol–water partition coefficient (Wildman–Crippen LogP) is 3.37. The molecule has 0 atom stereocenters. The molecule has 3 aromatic rings. The molecule has 10 heteroatoms. The van der Waals surface area contributed by atoms with E-state index in [4.69, 9.17) is 9.47 Å². The molecule has 0 bridgehead atoms. The first-order valence-corrected chi connectivity index (χ1v) is 12.6. The van der Waals surface area contributed by atoms with Gasteiger partial charge >= 0.3 is 5.97 Å². The van der Waals surface area contributed by atoms with Crippen molar-refractivity contribution in [2.75, 3.05) is 19.5 Å². The van der Waals surface area contributed by atoms with Crippen molar-refractivity contribution in [1.82, 2.24) is 4.57 Å². The maximum atomic E-state index is 12.6. The number of rotatable bonds is 9. The van der Waals surface area contributed by atoms with Gasteiger partial charge in [-0.1, -0.05) is 17.4 Å². The molecule has 0 aliphatic rings. The highest BCUT2D eigenvalue weighted by Gasteiger charge is 2.17. The SMILES string of the molecule is C=CCn1c(=NC(=O)CCS(=O)(=O)c2ccc(OC)cc2)sc2cc(C(=O)OCC)ccc21. The van der Waals surface area contributed by atoms with Crippen molar-refractivity contribution >= 4 is 43.3 Å². The van der Waals surface area contributed by atoms with Gasteiger partial charge in [0.1, 0.15) is 5.75 Å². The standard InChI is InChI=1S/C23H24N2O6S2/c1-4-13-25-19-11-6-16(22(27)31-5-2)15-20(19)32-23(25)24-21(26)12-14-33(28,29)18-9-7-17(30-3)8-10-18/h4,6-11,15H,1,5,12-14H2,2-3H3. The summed E-state index contributed by atoms with van der Waals surface area (Å²) in [5, 5.41) is 0. The van der Waals surface area contributed by atoms with Gasteiger partial charge in [0.2, 0.25) is 5.91 Å². The number of carbonyl (C=O) groups excluding carboxylic acids is 2. The van der Waals surface area contributed by atoms with Crippen LogP contribution in [0.4, 0.5) is 0 Å². The molecule has 2 aromatic carbocycles. The average molecular weight is 489 g/mol. The third kappa shape index (κ3) is 5.77. The molecular weight excluding hydrogens is 464 g/mol. The Morgan fingerprint density at radius 2 is 1.91 bits per heavy atom. The first-order chi connectivity index (χ1) is 15.8. The van der Waals surface area contributed by atoms with Gasteiger partial charge in [0.15, 0.2) is 14.6 Å². The van der Waals surface area contributed by atoms with Crippen molar-refractivity contribution in [3.8, 4) is 5.75 Å². The third-order valence-electron chi connectivity index (χ3n) is 4.73. The number of carbonyl (C=O) groups is 2. The highest BCUT2D eigenvalue weighted by Crippen LogP contribution is 2.21. The Morgan fingerprint density at radius 1 is 1.18 bits per heavy atom. The summed E-state index contributed by atoms with van der Waals surface area (Å²) in [4.78, 5) is 29.2. The largest absolute Gasteiger partial charge is 0.497 e. The van der Waals surface area contributed by atoms with Gasteiger partial charge < -0.3 is 14.0 Å². The molecule has 0 saturated heterocycles. The molecule has 8 nitrogen and oxygen atoms in total. The van der Waals surface area contributed by atoms with E-state index < -0.39 is 21.7 Å². The molecule has 0 N–H and O–H groups in total. The Labute approximate surface area is 195 Å². The van der Waals surface area contributed by atoms with Crippen LogP contribution in [-0.2, 0) is 25.9 Å². The molecule has 0 aliphatic heterocycles. The topological polar surface area (TPSA) is 104 Å². The van der Waals surface area contributed by atoms with E-state index >= 15 is 0 Å². The summed E-state index contributed by atoms with van der Waals surface area (Å²) in [6, 6.07) is 11.1. The zero-order valence-electron chi connectivity index (χ0n) is 18.3. The van der Waals surface area contributed by atoms with Crippen molar-refractivity contribution in [3.05, 3.63) is 65.5 Å². The van der Waals surface area contributed by atoms with Crippen LogP contribution in [0, 0.1) is 0 Å². The third-order valence-corrected chi connectivity index (χ3v) is 7.50. The monoisotopic (exact) mass is 488 g/mol. The maximum Gasteiger partial charge on any atom is 0.338 e. The lowest BCUT2D eigenvalue weighted by Crippen LogP contribution is -2.17. The zero-order valence-corrected chi connectivity index (χ0v) is 19.9. The number of sulfone groups is 1. The van der Waals surface area contributed by atoms with Gasteiger partial charge in [-0.05, 0) is 49.4 Å². The van der Waals surface area contributed by atoms with Gasteiger partial charge in [0, 0.05) is 13.0 Å². The Kier molecular flexibility index (Phi) is 7.83. The summed E-state index contributed by atoms with van der Waals surface area (Å²) in [7, 11) is -2.15. The fourth-order valence-corrected chi connectivity index (χ4v) is 5.42. The maximum absolute atomic E-state index is 12.6. The number of esters is 1. The number of nitrogens with zero attached hydrogens (tertiary/aromatic N) is 2. The van der Waals surface area contributed by atoms with Crippen LogP contribution < -0.4 is 9.54 Å². The highest BCUT2D eigenvalue weighted by atomic mass is 32.2. The van der Waals surface area contributed by atoms with Crippen molar-refractivity contribution in [1.29, 1.82) is 0 Å². The van der Waals surface area contributed by atoms with E-state index in [0.29, 0.717) is 22.7 Å². The molecule has 3 rings (SSSR count). The van der Waals surface area contributed by atoms with E-state index in [1.54, 1.807) is 47.9 Å². The van der Waals surface area contributed by atoms with Crippen LogP contribution >= 0.6 is 11.3 Å². The minimum Gasteiger partial charge on any atom is -0.497 e. The predicted molar refractivity (Wildman–Crippen MR) is 126 cm³/mol. The second-order valence-electron chi connectivity index (χ2n) is 6.94. The molecule has 0 unspecified atom stereocenters. The minimum atomic E-state index is -3.65. The quantitative estimate of drug-likeness (QED) is 0.338. The Balaban J connectivity index is 1.85. The molecule has 1 amide bonds. The molecule has 174 valence electrons. The fourth-order valence-electron chi connectivity index (χ4n) is 3.09. The molecule has 0 fully saturated rings. The number of hydrogen-bond acceptors (Lipinski definition) is 7. The van der Waals surface area contributed by atoms with Crippen LogP contribution in [0.2, 0.25) is 0 Å². The number of hydrogen-bond donors (Lipinski definition) is 0. The molecule has 1 heterocycles. The van der Waals surface area contributed by atoms with Crippen LogP contribution in [0.1, 0.15) is 23.7 Å². The summed E-state index contributed by atoms with van der Waals surface area (Å²) in [5.74, 6) is -0.799. The normalized spacial score (nSPS) is 12.0. The van der Waals surface area contributed by atoms with Crippen LogP contribution in [0.3, 0.4) is 0 Å². The number of thiazole rings is 1. The molecular formula is C23H24N2O6S2. The van der Waals surface area contributed by atoms with E-state index in [9.17, 15) is 18.0 Å². The number of allylic oxidation sites excluding steroid dienone is 1. The Morgan fingerprint density at radius 3 is 2.55 bits per heavy atom. The van der Waals surface area contributed by atoms with E-state index in [2.05, 4.69) is 11.6 Å². The molecule has 1 aromatic heterocycles. The molecule has 33 heavy (non-hydrogen) atoms. The number of aromatic nitrogens is 1. The minimum absolute atomic E-state index is 0.117. The van der Waals surface area contributed by atoms with Crippen molar-refractivity contribution in [3.63, 3.8) is 0 Å². The molecule has 0 saturated carbocycles. The Bertz CT molecular complexity index is 1350. The van der Waals surface area contributed by atoms with Crippen LogP contribution in [0.25, 0.3) is 10.2 Å². The van der Waals surface area contributed by atoms with E-state index in [1.165, 1.54) is 30.6 Å². The van der Waals surface area contributed by atoms with Crippen LogP contribution in [-0.4, -0.2) is 44.3 Å². The summed E-state index contributed by atoms with van der Waals surface area (Å²) in [6.07, 6.45) is 1.41. The summed E-state index contributed by atoms with van der Waals surface area (Å²) in [6.45, 7) is 6.14. The van der Waals surface area contributed by atoms with Gasteiger partial charge in [-0.25, -0.2) is 13.2 Å². The second kappa shape index (κ2) is 10.6. The molecule has 0 aliphatic carbocycles. The molecule has 0 spiro atoms. The first kappa shape index (κ1) is 24.4. The van der Waals surface area contributed by atoms with Gasteiger partial charge in [-0.15, -0.1) is 6.58 Å². The summed E-state index contributed by atoms with van der Waals surface area (Å²) in [5.41, 5.74) is 1.19. The van der Waals surface area contributed by atoms with Gasteiger partial charge in [0.25, 0.3) is 0 Å². The lowest BCUT2D eigenvalue weighted by atomic mass is 10.2. The van der Waals surface area contributed by atoms with Gasteiger partial charge in [-0.3, -0.25) is 4.79 Å². The van der Waals surface area contributed by atoms with Crippen molar-refractivity contribution in [2.24, 2.45) is 4.99 Å². The number of methoxy groups -OCH3 is 1. The van der Waals surface area contributed by atoms with E-state index in [1.807, 2.05) is 0 Å². The van der Waals surface area contributed by atoms with Crippen LogP contribution in [0.5, 0.6) is 5.75 Å². The van der Waals surface area contributed by atoms with Gasteiger partial charge in [-0.2, -0.15) is 4.99 Å². The number of amides is 1. The fraction of sp³-hybridized carbons (Fsp3) is 0.261. The van der Waals surface area contributed by atoms with Crippen LogP contribution in [0.15, 0.2) is 65.0 Å². The highest BCUT2D eigenvalue weighted by molar-refractivity contribution is 7.91. The lowest BCUT2D eigenvalue weighted by molar-refractivity contribution is -0.117. The number of ether oxygens (including phenoxy) is 2. The Hall–Kier alpha value is -3.24. The van der Waals surface area contributed by atoms with Crippen molar-refractivity contribution in [2.45, 2.75) is 24.8 Å². The molecule has 0 radical (unpaired) electrons. The average Bonchev–Trinajstić information content (AvgIpc) is 3.14. The van der Waals surface area contributed by atoms with E-state index in [-0.39, 0.29) is 23.7 Å². The summed E-state index contributed by atoms with van der Waals surface area (Å²) >= 11 is 1.23. The zero-order chi connectivity index (χ0) is 24.0. The van der Waals surface area contributed by atoms with Crippen molar-refractivity contribution < 1.29 is 27.5 Å². The van der Waals surface area contributed by atoms with E-state index in [0.717, 1.165) is 10.2 Å².